The Bertz CT molecular complexity index is 1710. The Morgan fingerprint density at radius 2 is 1.60 bits per heavy atom. The van der Waals surface area contributed by atoms with Crippen LogP contribution in [0.3, 0.4) is 0 Å². The number of amides is 1. The summed E-state index contributed by atoms with van der Waals surface area (Å²) < 4.78 is 46.4. The lowest BCUT2D eigenvalue weighted by molar-refractivity contribution is -0.146. The molecule has 43 heavy (non-hydrogen) atoms. The zero-order valence-electron chi connectivity index (χ0n) is 23.5. The largest absolute Gasteiger partial charge is 0.436 e. The van der Waals surface area contributed by atoms with Crippen molar-refractivity contribution in [3.63, 3.8) is 0 Å². The normalized spacial score (nSPS) is 16.2. The minimum Gasteiger partial charge on any atom is -0.436 e. The molecule has 0 unspecified atom stereocenters. The summed E-state index contributed by atoms with van der Waals surface area (Å²) in [4.78, 5) is 35.0. The fourth-order valence-corrected chi connectivity index (χ4v) is 6.09. The maximum absolute atomic E-state index is 13.9. The van der Waals surface area contributed by atoms with Crippen molar-refractivity contribution in [2.45, 2.75) is 25.2 Å². The average molecular weight is 612 g/mol. The predicted octanol–water partition coefficient (Wildman–Crippen LogP) is 5.77. The lowest BCUT2D eigenvalue weighted by atomic mass is 10.1. The number of carbonyl (C=O) groups is 1. The second kappa shape index (κ2) is 11.2. The molecule has 1 aliphatic heterocycles. The molecule has 1 aromatic heterocycles. The molecule has 224 valence electrons. The number of aromatic nitrogens is 2. The first-order valence-electron chi connectivity index (χ1n) is 13.9. The third kappa shape index (κ3) is 5.43. The van der Waals surface area contributed by atoms with Gasteiger partial charge < -0.3 is 14.6 Å². The summed E-state index contributed by atoms with van der Waals surface area (Å²) in [6, 6.07) is 19.7. The molecule has 12 heteroatoms. The fraction of sp³-hybridized carbons (Fsp3) is 0.323. The summed E-state index contributed by atoms with van der Waals surface area (Å²) in [5, 5.41) is 2.08. The number of piperazine rings is 1. The monoisotopic (exact) mass is 611 g/mol. The van der Waals surface area contributed by atoms with Gasteiger partial charge in [0, 0.05) is 44.4 Å². The predicted molar refractivity (Wildman–Crippen MR) is 158 cm³/mol. The van der Waals surface area contributed by atoms with E-state index in [-0.39, 0.29) is 42.4 Å². The molecule has 0 bridgehead atoms. The maximum Gasteiger partial charge on any atom is 0.411 e. The van der Waals surface area contributed by atoms with Crippen molar-refractivity contribution >= 4 is 28.6 Å². The van der Waals surface area contributed by atoms with Crippen molar-refractivity contribution in [3.05, 3.63) is 99.1 Å². The second-order valence-electron chi connectivity index (χ2n) is 10.8. The van der Waals surface area contributed by atoms with Crippen molar-refractivity contribution in [2.24, 2.45) is 0 Å². The summed E-state index contributed by atoms with van der Waals surface area (Å²) in [6.45, 7) is 1.20. The quantitative estimate of drug-likeness (QED) is 0.286. The number of halogens is 4. The number of alkyl halides is 3. The van der Waals surface area contributed by atoms with Gasteiger partial charge in [0.05, 0.1) is 28.5 Å². The van der Waals surface area contributed by atoms with Crippen LogP contribution in [0, 0.1) is 0 Å². The Morgan fingerprint density at radius 3 is 2.21 bits per heavy atom. The van der Waals surface area contributed by atoms with Gasteiger partial charge in [-0.15, -0.1) is 0 Å². The van der Waals surface area contributed by atoms with E-state index in [4.69, 9.17) is 21.3 Å². The van der Waals surface area contributed by atoms with Gasteiger partial charge in [0.1, 0.15) is 0 Å². The molecule has 8 nitrogen and oxygen atoms in total. The van der Waals surface area contributed by atoms with E-state index in [1.807, 2.05) is 48.5 Å². The van der Waals surface area contributed by atoms with E-state index < -0.39 is 36.5 Å². The number of hydrogen-bond acceptors (Lipinski definition) is 6. The van der Waals surface area contributed by atoms with Gasteiger partial charge in [0.2, 0.25) is 0 Å². The first-order valence-corrected chi connectivity index (χ1v) is 14.3. The van der Waals surface area contributed by atoms with Crippen LogP contribution in [0.5, 0.6) is 0 Å². The van der Waals surface area contributed by atoms with Gasteiger partial charge in [-0.2, -0.15) is 13.2 Å². The third-order valence-electron chi connectivity index (χ3n) is 8.12. The lowest BCUT2D eigenvalue weighted by Crippen LogP contribution is -2.56. The molecule has 1 saturated heterocycles. The summed E-state index contributed by atoms with van der Waals surface area (Å²) >= 11 is 6.40. The smallest absolute Gasteiger partial charge is 0.411 e. The molecule has 1 fully saturated rings. The van der Waals surface area contributed by atoms with Crippen molar-refractivity contribution in [2.75, 3.05) is 44.8 Å². The maximum atomic E-state index is 13.9. The van der Waals surface area contributed by atoms with E-state index in [0.29, 0.717) is 5.52 Å². The summed E-state index contributed by atoms with van der Waals surface area (Å²) in [5.41, 5.74) is 3.65. The fourth-order valence-electron chi connectivity index (χ4n) is 5.84. The molecular formula is C31H29ClF3N5O3. The second-order valence-corrected chi connectivity index (χ2v) is 11.2. The summed E-state index contributed by atoms with van der Waals surface area (Å²) in [6.07, 6.45) is -5.55. The molecule has 1 atom stereocenters. The van der Waals surface area contributed by atoms with Gasteiger partial charge in [-0.25, -0.2) is 14.5 Å². The Morgan fingerprint density at radius 1 is 1.00 bits per heavy atom. The minimum absolute atomic E-state index is 0.0959. The van der Waals surface area contributed by atoms with E-state index in [0.717, 1.165) is 22.3 Å². The summed E-state index contributed by atoms with van der Waals surface area (Å²) in [5.74, 6) is 0.246. The van der Waals surface area contributed by atoms with Crippen molar-refractivity contribution in [1.82, 2.24) is 19.5 Å². The molecule has 3 aromatic carbocycles. The van der Waals surface area contributed by atoms with Gasteiger partial charge in [-0.3, -0.25) is 9.69 Å². The SMILES string of the molecule is C[C@@H](c1nc2cccc(Cl)c2c(=O)n1N1CCN(CC(F)(F)F)CC1)N(C)C(=O)OC1c2ccccc2-c2ccccc21. The van der Waals surface area contributed by atoms with E-state index in [1.54, 1.807) is 37.2 Å². The van der Waals surface area contributed by atoms with Crippen LogP contribution in [0.25, 0.3) is 22.0 Å². The molecule has 2 heterocycles. The number of benzene rings is 3. The van der Waals surface area contributed by atoms with Gasteiger partial charge in [-0.1, -0.05) is 66.2 Å². The average Bonchev–Trinajstić information content (AvgIpc) is 3.29. The van der Waals surface area contributed by atoms with Crippen LogP contribution < -0.4 is 10.6 Å². The zero-order chi connectivity index (χ0) is 30.5. The van der Waals surface area contributed by atoms with Crippen LogP contribution in [0.15, 0.2) is 71.5 Å². The minimum atomic E-state index is -4.32. The molecule has 0 N–H and O–H groups in total. The highest BCUT2D eigenvalue weighted by Crippen LogP contribution is 2.45. The molecule has 2 aliphatic rings. The Labute approximate surface area is 250 Å². The number of hydrogen-bond donors (Lipinski definition) is 0. The Balaban J connectivity index is 1.32. The topological polar surface area (TPSA) is 70.9 Å². The zero-order valence-corrected chi connectivity index (χ0v) is 24.3. The van der Waals surface area contributed by atoms with Crippen LogP contribution >= 0.6 is 11.6 Å². The van der Waals surface area contributed by atoms with E-state index >= 15 is 0 Å². The van der Waals surface area contributed by atoms with Crippen LogP contribution in [0.1, 0.15) is 36.0 Å². The van der Waals surface area contributed by atoms with Crippen molar-refractivity contribution < 1.29 is 22.7 Å². The lowest BCUT2D eigenvalue weighted by Gasteiger charge is -2.38. The van der Waals surface area contributed by atoms with Crippen LogP contribution in [0.2, 0.25) is 5.02 Å². The van der Waals surface area contributed by atoms with Gasteiger partial charge in [-0.05, 0) is 30.2 Å². The standard InChI is InChI=1S/C31H29ClF3N5O3/c1-19(37(2)30(42)43-27-22-10-5-3-8-20(22)21-9-4-6-11-23(21)27)28-36-25-13-7-12-24(32)26(25)29(41)40(28)39-16-14-38(15-17-39)18-31(33,34)35/h3-13,19,27H,14-18H2,1-2H3/t19-/m0/s1. The molecule has 0 saturated carbocycles. The molecule has 4 aromatic rings. The van der Waals surface area contributed by atoms with Crippen molar-refractivity contribution in [1.29, 1.82) is 0 Å². The van der Waals surface area contributed by atoms with E-state index in [2.05, 4.69) is 0 Å². The highest BCUT2D eigenvalue weighted by atomic mass is 35.5. The number of carbonyl (C=O) groups excluding carboxylic acids is 1. The van der Waals surface area contributed by atoms with Crippen LogP contribution in [0.4, 0.5) is 18.0 Å². The van der Waals surface area contributed by atoms with Crippen LogP contribution in [-0.4, -0.2) is 71.5 Å². The Kier molecular flexibility index (Phi) is 7.55. The number of rotatable bonds is 5. The van der Waals surface area contributed by atoms with Gasteiger partial charge in [0.25, 0.3) is 5.56 Å². The molecule has 1 amide bonds. The highest BCUT2D eigenvalue weighted by molar-refractivity contribution is 6.35. The van der Waals surface area contributed by atoms with E-state index in [1.165, 1.54) is 14.5 Å². The summed E-state index contributed by atoms with van der Waals surface area (Å²) in [7, 11) is 1.57. The first kappa shape index (κ1) is 29.0. The highest BCUT2D eigenvalue weighted by Gasteiger charge is 2.36. The first-order chi connectivity index (χ1) is 20.5. The third-order valence-corrected chi connectivity index (χ3v) is 8.44. The van der Waals surface area contributed by atoms with Gasteiger partial charge >= 0.3 is 12.3 Å². The van der Waals surface area contributed by atoms with E-state index in [9.17, 15) is 22.8 Å². The van der Waals surface area contributed by atoms with Gasteiger partial charge in [0.15, 0.2) is 11.9 Å². The Hall–Kier alpha value is -4.09. The number of nitrogens with zero attached hydrogens (tertiary/aromatic N) is 5. The molecular weight excluding hydrogens is 583 g/mol. The molecule has 0 radical (unpaired) electrons. The van der Waals surface area contributed by atoms with Crippen LogP contribution in [-0.2, 0) is 4.74 Å². The van der Waals surface area contributed by atoms with Crippen molar-refractivity contribution in [3.8, 4) is 11.1 Å². The number of fused-ring (bicyclic) bond motifs is 4. The molecule has 0 spiro atoms. The number of ether oxygens (including phenoxy) is 1. The molecule has 6 rings (SSSR count). The molecule has 1 aliphatic carbocycles.